The third-order valence-electron chi connectivity index (χ3n) is 4.45. The topological polar surface area (TPSA) is 80.3 Å². The number of benzene rings is 3. The van der Waals surface area contributed by atoms with Gasteiger partial charge < -0.3 is 9.15 Å². The van der Waals surface area contributed by atoms with E-state index in [0.29, 0.717) is 22.1 Å². The summed E-state index contributed by atoms with van der Waals surface area (Å²) in [5.41, 5.74) is 1.41. The molecule has 0 aliphatic heterocycles. The van der Waals surface area contributed by atoms with Crippen molar-refractivity contribution in [2.24, 2.45) is 0 Å². The Morgan fingerprint density at radius 3 is 2.50 bits per heavy atom. The number of hydrogen-bond donors (Lipinski definition) is 0. The maximum absolute atomic E-state index is 12.5. The zero-order valence-electron chi connectivity index (χ0n) is 15.7. The summed E-state index contributed by atoms with van der Waals surface area (Å²) in [4.78, 5) is 24.7. The highest BCUT2D eigenvalue weighted by Crippen LogP contribution is 2.21. The molecule has 0 fully saturated rings. The SMILES string of the molecule is N#C/C(=C/c1cccc(OC(=O)c2cc3ccccc3oc2=O)c1)c1ccccc1. The van der Waals surface area contributed by atoms with Gasteiger partial charge in [0.1, 0.15) is 16.9 Å². The molecule has 0 atom stereocenters. The zero-order valence-corrected chi connectivity index (χ0v) is 15.7. The molecule has 4 rings (SSSR count). The Kier molecular flexibility index (Phi) is 5.23. The average molecular weight is 393 g/mol. The molecule has 5 heteroatoms. The molecule has 144 valence electrons. The fraction of sp³-hybridized carbons (Fsp3) is 0. The van der Waals surface area contributed by atoms with E-state index in [-0.39, 0.29) is 11.3 Å². The number of nitriles is 1. The molecule has 1 aromatic heterocycles. The van der Waals surface area contributed by atoms with E-state index in [9.17, 15) is 14.9 Å². The van der Waals surface area contributed by atoms with Crippen molar-refractivity contribution in [3.8, 4) is 11.8 Å². The molecule has 3 aromatic carbocycles. The number of hydrogen-bond acceptors (Lipinski definition) is 5. The number of carbonyl (C=O) groups is 1. The number of carbonyl (C=O) groups excluding carboxylic acids is 1. The largest absolute Gasteiger partial charge is 0.423 e. The number of rotatable bonds is 4. The van der Waals surface area contributed by atoms with Crippen LogP contribution in [0.25, 0.3) is 22.6 Å². The summed E-state index contributed by atoms with van der Waals surface area (Å²) < 4.78 is 10.6. The maximum atomic E-state index is 12.5. The number of ether oxygens (including phenoxy) is 1. The molecule has 30 heavy (non-hydrogen) atoms. The van der Waals surface area contributed by atoms with Gasteiger partial charge in [-0.3, -0.25) is 0 Å². The molecular weight excluding hydrogens is 378 g/mol. The highest BCUT2D eigenvalue weighted by Gasteiger charge is 2.16. The van der Waals surface area contributed by atoms with E-state index in [1.807, 2.05) is 30.3 Å². The van der Waals surface area contributed by atoms with Crippen LogP contribution >= 0.6 is 0 Å². The van der Waals surface area contributed by atoms with Gasteiger partial charge in [0.15, 0.2) is 0 Å². The van der Waals surface area contributed by atoms with Crippen LogP contribution in [0.15, 0.2) is 94.1 Å². The molecule has 0 unspecified atom stereocenters. The Morgan fingerprint density at radius 2 is 1.70 bits per heavy atom. The first-order valence-electron chi connectivity index (χ1n) is 9.16. The standard InChI is InChI=1S/C25H15NO4/c26-16-20(18-8-2-1-3-9-18)13-17-7-6-11-21(14-17)29-24(27)22-15-19-10-4-5-12-23(19)30-25(22)28/h1-15H/b20-13-. The molecule has 0 N–H and O–H groups in total. The number of allylic oxidation sites excluding steroid dienone is 1. The van der Waals surface area contributed by atoms with Crippen LogP contribution in [-0.4, -0.2) is 5.97 Å². The van der Waals surface area contributed by atoms with Crippen molar-refractivity contribution in [2.75, 3.05) is 0 Å². The highest BCUT2D eigenvalue weighted by molar-refractivity contribution is 5.94. The third kappa shape index (κ3) is 4.03. The van der Waals surface area contributed by atoms with E-state index in [0.717, 1.165) is 5.56 Å². The smallest absolute Gasteiger partial charge is 0.351 e. The lowest BCUT2D eigenvalue weighted by atomic mass is 10.0. The highest BCUT2D eigenvalue weighted by atomic mass is 16.5. The Hall–Kier alpha value is -4.43. The third-order valence-corrected chi connectivity index (χ3v) is 4.45. The van der Waals surface area contributed by atoms with Crippen molar-refractivity contribution in [3.63, 3.8) is 0 Å². The van der Waals surface area contributed by atoms with E-state index in [1.165, 1.54) is 6.07 Å². The van der Waals surface area contributed by atoms with Crippen molar-refractivity contribution in [1.82, 2.24) is 0 Å². The van der Waals surface area contributed by atoms with Gasteiger partial charge in [-0.05, 0) is 41.5 Å². The van der Waals surface area contributed by atoms with Crippen LogP contribution in [0.4, 0.5) is 0 Å². The average Bonchev–Trinajstić information content (AvgIpc) is 2.77. The maximum Gasteiger partial charge on any atom is 0.351 e. The van der Waals surface area contributed by atoms with E-state index in [4.69, 9.17) is 9.15 Å². The molecule has 0 saturated carbocycles. The van der Waals surface area contributed by atoms with Crippen LogP contribution in [0.1, 0.15) is 21.5 Å². The second kappa shape index (κ2) is 8.29. The summed E-state index contributed by atoms with van der Waals surface area (Å²) >= 11 is 0. The Labute approximate surface area is 172 Å². The second-order valence-electron chi connectivity index (χ2n) is 6.48. The molecule has 0 aliphatic rings. The van der Waals surface area contributed by atoms with Crippen LogP contribution in [0, 0.1) is 11.3 Å². The monoisotopic (exact) mass is 393 g/mol. The minimum absolute atomic E-state index is 0.184. The van der Waals surface area contributed by atoms with Gasteiger partial charge in [-0.1, -0.05) is 60.7 Å². The molecule has 1 heterocycles. The predicted octanol–water partition coefficient (Wildman–Crippen LogP) is 5.08. The molecule has 5 nitrogen and oxygen atoms in total. The minimum Gasteiger partial charge on any atom is -0.423 e. The fourth-order valence-electron chi connectivity index (χ4n) is 3.00. The lowest BCUT2D eigenvalue weighted by Gasteiger charge is -2.06. The van der Waals surface area contributed by atoms with Crippen molar-refractivity contribution in [3.05, 3.63) is 112 Å². The first-order valence-corrected chi connectivity index (χ1v) is 9.16. The van der Waals surface area contributed by atoms with E-state index >= 15 is 0 Å². The van der Waals surface area contributed by atoms with Crippen LogP contribution < -0.4 is 10.4 Å². The normalized spacial score (nSPS) is 11.1. The van der Waals surface area contributed by atoms with Crippen LogP contribution in [0.3, 0.4) is 0 Å². The lowest BCUT2D eigenvalue weighted by Crippen LogP contribution is -2.18. The van der Waals surface area contributed by atoms with Gasteiger partial charge >= 0.3 is 11.6 Å². The van der Waals surface area contributed by atoms with E-state index in [1.54, 1.807) is 54.6 Å². The number of para-hydroxylation sites is 1. The number of fused-ring (bicyclic) bond motifs is 1. The molecule has 0 bridgehead atoms. The van der Waals surface area contributed by atoms with Crippen molar-refractivity contribution < 1.29 is 13.9 Å². The summed E-state index contributed by atoms with van der Waals surface area (Å²) in [7, 11) is 0. The van der Waals surface area contributed by atoms with E-state index < -0.39 is 11.6 Å². The second-order valence-corrected chi connectivity index (χ2v) is 6.48. The summed E-state index contributed by atoms with van der Waals surface area (Å²) in [5.74, 6) is -0.550. The summed E-state index contributed by atoms with van der Waals surface area (Å²) in [5, 5.41) is 10.1. The van der Waals surface area contributed by atoms with Crippen LogP contribution in [-0.2, 0) is 0 Å². The van der Waals surface area contributed by atoms with Gasteiger partial charge in [-0.15, -0.1) is 0 Å². The Morgan fingerprint density at radius 1 is 0.933 bits per heavy atom. The summed E-state index contributed by atoms with van der Waals surface area (Å²) in [6, 6.07) is 26.6. The predicted molar refractivity (Wildman–Crippen MR) is 114 cm³/mol. The Balaban J connectivity index is 1.61. The van der Waals surface area contributed by atoms with Crippen LogP contribution in [0.5, 0.6) is 5.75 Å². The van der Waals surface area contributed by atoms with Gasteiger partial charge in [0, 0.05) is 5.39 Å². The van der Waals surface area contributed by atoms with Gasteiger partial charge in [0.05, 0.1) is 11.6 Å². The first kappa shape index (κ1) is 18.9. The van der Waals surface area contributed by atoms with Gasteiger partial charge in [0.25, 0.3) is 0 Å². The fourth-order valence-corrected chi connectivity index (χ4v) is 3.00. The van der Waals surface area contributed by atoms with Gasteiger partial charge in [0.2, 0.25) is 0 Å². The molecule has 0 spiro atoms. The van der Waals surface area contributed by atoms with E-state index in [2.05, 4.69) is 6.07 Å². The minimum atomic E-state index is -0.806. The quantitative estimate of drug-likeness (QED) is 0.159. The molecule has 0 amide bonds. The number of esters is 1. The molecular formula is C25H15NO4. The number of nitrogens with zero attached hydrogens (tertiary/aromatic N) is 1. The summed E-state index contributed by atoms with van der Waals surface area (Å²) in [6.07, 6.45) is 1.71. The summed E-state index contributed by atoms with van der Waals surface area (Å²) in [6.45, 7) is 0. The molecule has 0 saturated heterocycles. The zero-order chi connectivity index (χ0) is 20.9. The molecule has 0 aliphatic carbocycles. The van der Waals surface area contributed by atoms with Crippen molar-refractivity contribution >= 4 is 28.6 Å². The van der Waals surface area contributed by atoms with Gasteiger partial charge in [-0.25, -0.2) is 9.59 Å². The molecule has 0 radical (unpaired) electrons. The first-order chi connectivity index (χ1) is 14.6. The van der Waals surface area contributed by atoms with Crippen molar-refractivity contribution in [2.45, 2.75) is 0 Å². The Bertz CT molecular complexity index is 1360. The molecule has 4 aromatic rings. The van der Waals surface area contributed by atoms with Crippen molar-refractivity contribution in [1.29, 1.82) is 5.26 Å². The van der Waals surface area contributed by atoms with Crippen LogP contribution in [0.2, 0.25) is 0 Å². The lowest BCUT2D eigenvalue weighted by molar-refractivity contribution is 0.0730. The van der Waals surface area contributed by atoms with Gasteiger partial charge in [-0.2, -0.15) is 5.26 Å².